The molecule has 9 heteroatoms. The molecular formula is C27H35N3O5S. The van der Waals surface area contributed by atoms with Crippen LogP contribution in [0.5, 0.6) is 0 Å². The van der Waals surface area contributed by atoms with Crippen molar-refractivity contribution in [2.45, 2.75) is 55.9 Å². The number of rotatable bonds is 7. The number of aryl methyl sites for hydroxylation is 1. The molecule has 0 saturated carbocycles. The van der Waals surface area contributed by atoms with Crippen LogP contribution in [-0.2, 0) is 21.8 Å². The van der Waals surface area contributed by atoms with Crippen molar-refractivity contribution in [3.05, 3.63) is 52.3 Å². The van der Waals surface area contributed by atoms with E-state index in [-0.39, 0.29) is 27.9 Å². The van der Waals surface area contributed by atoms with Crippen LogP contribution in [0.15, 0.2) is 46.2 Å². The van der Waals surface area contributed by atoms with Gasteiger partial charge in [0.05, 0.1) is 16.5 Å². The van der Waals surface area contributed by atoms with Gasteiger partial charge < -0.3 is 14.2 Å². The zero-order chi connectivity index (χ0) is 25.3. The Morgan fingerprint density at radius 2 is 1.92 bits per heavy atom. The Morgan fingerprint density at radius 1 is 1.11 bits per heavy atom. The Hall–Kier alpha value is -2.49. The molecule has 0 radical (unpaired) electrons. The topological polar surface area (TPSA) is 88.9 Å². The van der Waals surface area contributed by atoms with E-state index < -0.39 is 15.5 Å². The first-order chi connectivity index (χ1) is 17.3. The Kier molecular flexibility index (Phi) is 7.32. The highest BCUT2D eigenvalue weighted by atomic mass is 32.2. The van der Waals surface area contributed by atoms with E-state index in [2.05, 4.69) is 12.2 Å². The summed E-state index contributed by atoms with van der Waals surface area (Å²) in [5, 5.41) is 0.251. The monoisotopic (exact) mass is 513 g/mol. The third-order valence-corrected chi connectivity index (χ3v) is 9.58. The summed E-state index contributed by atoms with van der Waals surface area (Å²) < 4.78 is 35.3. The molecule has 2 atom stereocenters. The van der Waals surface area contributed by atoms with E-state index in [4.69, 9.17) is 4.74 Å². The second-order valence-electron chi connectivity index (χ2n) is 10.3. The highest BCUT2D eigenvalue weighted by molar-refractivity contribution is 7.89. The molecular weight excluding hydrogens is 478 g/mol. The van der Waals surface area contributed by atoms with E-state index in [0.29, 0.717) is 44.2 Å². The van der Waals surface area contributed by atoms with E-state index in [0.717, 1.165) is 44.9 Å². The van der Waals surface area contributed by atoms with Crippen LogP contribution in [0.2, 0.25) is 0 Å². The van der Waals surface area contributed by atoms with Crippen molar-refractivity contribution in [3.8, 4) is 0 Å². The number of hydrogen-bond acceptors (Lipinski definition) is 5. The highest BCUT2D eigenvalue weighted by Gasteiger charge is 2.30. The molecule has 3 aliphatic rings. The first kappa shape index (κ1) is 25.2. The first-order valence-corrected chi connectivity index (χ1v) is 14.5. The lowest BCUT2D eigenvalue weighted by Crippen LogP contribution is -2.42. The van der Waals surface area contributed by atoms with Gasteiger partial charge in [-0.25, -0.2) is 8.42 Å². The molecule has 1 aromatic carbocycles. The second kappa shape index (κ2) is 10.5. The van der Waals surface area contributed by atoms with Crippen molar-refractivity contribution in [3.63, 3.8) is 0 Å². The van der Waals surface area contributed by atoms with E-state index in [1.165, 1.54) is 10.4 Å². The lowest BCUT2D eigenvalue weighted by molar-refractivity contribution is 0.0482. The number of aromatic nitrogens is 1. The first-order valence-electron chi connectivity index (χ1n) is 13.0. The molecule has 8 nitrogen and oxygen atoms in total. The molecule has 2 fully saturated rings. The van der Waals surface area contributed by atoms with Crippen LogP contribution in [0.1, 0.15) is 55.3 Å². The fraction of sp³-hybridized carbons (Fsp3) is 0.556. The van der Waals surface area contributed by atoms with Gasteiger partial charge in [-0.05, 0) is 69.1 Å². The van der Waals surface area contributed by atoms with Crippen LogP contribution < -0.4 is 5.43 Å². The molecule has 2 aromatic rings. The van der Waals surface area contributed by atoms with E-state index in [1.807, 2.05) is 0 Å². The van der Waals surface area contributed by atoms with Gasteiger partial charge in [0.25, 0.3) is 5.91 Å². The maximum atomic E-state index is 13.8. The zero-order valence-electron chi connectivity index (χ0n) is 20.9. The van der Waals surface area contributed by atoms with E-state index in [1.54, 1.807) is 34.8 Å². The van der Waals surface area contributed by atoms with Crippen molar-refractivity contribution in [2.75, 3.05) is 32.8 Å². The molecule has 194 valence electrons. The number of fused-ring (bicyclic) bond motifs is 1. The maximum absolute atomic E-state index is 13.8. The minimum atomic E-state index is -3.68. The summed E-state index contributed by atoms with van der Waals surface area (Å²) in [4.78, 5) is 29.4. The quantitative estimate of drug-likeness (QED) is 0.530. The van der Waals surface area contributed by atoms with Crippen LogP contribution in [-0.4, -0.2) is 67.0 Å². The zero-order valence-corrected chi connectivity index (χ0v) is 21.7. The molecule has 1 aliphatic carbocycles. The number of sulfonamides is 1. The smallest absolute Gasteiger partial charge is 0.259 e. The lowest BCUT2D eigenvalue weighted by Gasteiger charge is -2.30. The van der Waals surface area contributed by atoms with Crippen LogP contribution in [0, 0.1) is 5.92 Å². The maximum Gasteiger partial charge on any atom is 0.259 e. The second-order valence-corrected chi connectivity index (χ2v) is 12.2. The molecule has 0 unspecified atom stereocenters. The fourth-order valence-electron chi connectivity index (χ4n) is 5.64. The van der Waals surface area contributed by atoms with Gasteiger partial charge in [0, 0.05) is 51.4 Å². The lowest BCUT2D eigenvalue weighted by atomic mass is 9.93. The predicted octanol–water partition coefficient (Wildman–Crippen LogP) is 3.30. The van der Waals surface area contributed by atoms with Crippen molar-refractivity contribution >= 4 is 26.8 Å². The number of nitrogens with zero attached hydrogens (tertiary/aromatic N) is 3. The summed E-state index contributed by atoms with van der Waals surface area (Å²) in [5.41, 5.74) is 0.248. The molecule has 0 N–H and O–H groups in total. The average Bonchev–Trinajstić information content (AvgIpc) is 3.61. The summed E-state index contributed by atoms with van der Waals surface area (Å²) in [5.74, 6) is 0.0391. The van der Waals surface area contributed by atoms with Crippen LogP contribution in [0.25, 0.3) is 10.9 Å². The van der Waals surface area contributed by atoms with E-state index in [9.17, 15) is 18.0 Å². The van der Waals surface area contributed by atoms with Gasteiger partial charge in [0.15, 0.2) is 0 Å². The van der Waals surface area contributed by atoms with Crippen molar-refractivity contribution in [1.82, 2.24) is 13.8 Å². The third kappa shape index (κ3) is 5.01. The Balaban J connectivity index is 1.51. The van der Waals surface area contributed by atoms with Gasteiger partial charge >= 0.3 is 0 Å². The number of allylic oxidation sites excluding steroid dienone is 2. The number of hydrogen-bond donors (Lipinski definition) is 0. The number of carbonyl (C=O) groups excluding carboxylic acids is 1. The van der Waals surface area contributed by atoms with Crippen molar-refractivity contribution in [2.24, 2.45) is 13.0 Å². The van der Waals surface area contributed by atoms with E-state index >= 15 is 0 Å². The molecule has 5 rings (SSSR count). The molecule has 2 aliphatic heterocycles. The standard InChI is InChI=1S/C27H35N3O5S/c1-28-19-24(27(32)29(18-21-10-7-15-35-21)17-20-8-3-2-4-9-20)26(31)23-16-22(11-12-25(23)28)36(33,34)30-13-5-6-14-30/h2-3,11-12,16,19-21H,4-10,13-15,17-18H2,1H3/t20-,21+/m0/s1. The summed E-state index contributed by atoms with van der Waals surface area (Å²) in [7, 11) is -1.90. The molecule has 0 bridgehead atoms. The van der Waals surface area contributed by atoms with Crippen LogP contribution >= 0.6 is 0 Å². The number of pyridine rings is 1. The number of ether oxygens (including phenoxy) is 1. The Bertz CT molecular complexity index is 1320. The van der Waals surface area contributed by atoms with Crippen LogP contribution in [0.3, 0.4) is 0 Å². The van der Waals surface area contributed by atoms with Gasteiger partial charge in [0.2, 0.25) is 15.5 Å². The SMILES string of the molecule is Cn1cc(C(=O)N(C[C@H]2CC=CCC2)C[C@H]2CCCO2)c(=O)c2cc(S(=O)(=O)N3CCCC3)ccc21. The van der Waals surface area contributed by atoms with Gasteiger partial charge in [-0.3, -0.25) is 9.59 Å². The number of amides is 1. The Labute approximate surface area is 212 Å². The van der Waals surface area contributed by atoms with Gasteiger partial charge in [-0.2, -0.15) is 4.31 Å². The molecule has 36 heavy (non-hydrogen) atoms. The summed E-state index contributed by atoms with van der Waals surface area (Å²) in [6, 6.07) is 4.65. The number of benzene rings is 1. The van der Waals surface area contributed by atoms with Crippen molar-refractivity contribution < 1.29 is 17.9 Å². The largest absolute Gasteiger partial charge is 0.376 e. The molecule has 1 aromatic heterocycles. The van der Waals surface area contributed by atoms with Gasteiger partial charge in [-0.15, -0.1) is 0 Å². The van der Waals surface area contributed by atoms with Crippen LogP contribution in [0.4, 0.5) is 0 Å². The Morgan fingerprint density at radius 3 is 2.61 bits per heavy atom. The summed E-state index contributed by atoms with van der Waals surface area (Å²) in [6.45, 7) is 2.72. The minimum absolute atomic E-state index is 0.0189. The predicted molar refractivity (Wildman–Crippen MR) is 139 cm³/mol. The third-order valence-electron chi connectivity index (χ3n) is 7.68. The fourth-order valence-corrected chi connectivity index (χ4v) is 7.18. The molecule has 3 heterocycles. The average molecular weight is 514 g/mol. The molecule has 1 amide bonds. The summed E-state index contributed by atoms with van der Waals surface area (Å²) >= 11 is 0. The molecule has 2 saturated heterocycles. The van der Waals surface area contributed by atoms with Crippen molar-refractivity contribution in [1.29, 1.82) is 0 Å². The summed E-state index contributed by atoms with van der Waals surface area (Å²) in [6.07, 6.45) is 12.4. The normalized spacial score (nSPS) is 22.9. The molecule has 0 spiro atoms. The van der Waals surface area contributed by atoms with Gasteiger partial charge in [-0.1, -0.05) is 12.2 Å². The highest BCUT2D eigenvalue weighted by Crippen LogP contribution is 2.25. The van der Waals surface area contributed by atoms with Gasteiger partial charge in [0.1, 0.15) is 5.56 Å². The minimum Gasteiger partial charge on any atom is -0.376 e. The number of carbonyl (C=O) groups is 1.